The highest BCUT2D eigenvalue weighted by Crippen LogP contribution is 2.19. The highest BCUT2D eigenvalue weighted by atomic mass is 79.9. The monoisotopic (exact) mass is 323 g/mol. The van der Waals surface area contributed by atoms with Crippen LogP contribution in [0.3, 0.4) is 0 Å². The van der Waals surface area contributed by atoms with Gasteiger partial charge in [-0.05, 0) is 31.2 Å². The van der Waals surface area contributed by atoms with Crippen LogP contribution < -0.4 is 5.32 Å². The summed E-state index contributed by atoms with van der Waals surface area (Å²) in [4.78, 5) is 0. The lowest BCUT2D eigenvalue weighted by molar-refractivity contribution is 0.565. The SMILES string of the molecule is CNC(Cc1ccc(F)cc1Br)CS(C)(=O)=O. The van der Waals surface area contributed by atoms with Crippen LogP contribution in [-0.2, 0) is 16.3 Å². The third-order valence-corrected chi connectivity index (χ3v) is 4.14. The predicted octanol–water partition coefficient (Wildman–Crippen LogP) is 1.76. The molecule has 1 aromatic carbocycles. The van der Waals surface area contributed by atoms with Gasteiger partial charge in [-0.3, -0.25) is 0 Å². The fourth-order valence-electron chi connectivity index (χ4n) is 1.56. The van der Waals surface area contributed by atoms with Crippen molar-refractivity contribution >= 4 is 25.8 Å². The molecule has 1 aromatic rings. The van der Waals surface area contributed by atoms with E-state index in [9.17, 15) is 12.8 Å². The number of hydrogen-bond acceptors (Lipinski definition) is 3. The molecule has 17 heavy (non-hydrogen) atoms. The molecule has 6 heteroatoms. The molecule has 0 spiro atoms. The first-order chi connectivity index (χ1) is 7.81. The number of nitrogens with one attached hydrogen (secondary N) is 1. The van der Waals surface area contributed by atoms with Gasteiger partial charge in [0.25, 0.3) is 0 Å². The lowest BCUT2D eigenvalue weighted by atomic mass is 10.1. The Hall–Kier alpha value is -0.460. The molecule has 0 bridgehead atoms. The molecule has 0 aromatic heterocycles. The first kappa shape index (κ1) is 14.6. The molecule has 0 aliphatic carbocycles. The number of rotatable bonds is 5. The molecular formula is C11H15BrFNO2S. The molecule has 0 saturated heterocycles. The van der Waals surface area contributed by atoms with Crippen LogP contribution in [0.15, 0.2) is 22.7 Å². The van der Waals surface area contributed by atoms with Crippen LogP contribution in [0.2, 0.25) is 0 Å². The summed E-state index contributed by atoms with van der Waals surface area (Å²) in [7, 11) is -1.31. The third kappa shape index (κ3) is 5.14. The molecule has 1 unspecified atom stereocenters. The average Bonchev–Trinajstić information content (AvgIpc) is 2.19. The summed E-state index contributed by atoms with van der Waals surface area (Å²) < 4.78 is 36.0. The highest BCUT2D eigenvalue weighted by Gasteiger charge is 2.15. The zero-order valence-electron chi connectivity index (χ0n) is 9.70. The molecular weight excluding hydrogens is 309 g/mol. The van der Waals surface area contributed by atoms with Crippen LogP contribution in [-0.4, -0.2) is 33.5 Å². The van der Waals surface area contributed by atoms with Gasteiger partial charge in [-0.25, -0.2) is 12.8 Å². The summed E-state index contributed by atoms with van der Waals surface area (Å²) in [5.41, 5.74) is 0.884. The van der Waals surface area contributed by atoms with Crippen molar-refractivity contribution in [1.29, 1.82) is 0 Å². The van der Waals surface area contributed by atoms with E-state index >= 15 is 0 Å². The van der Waals surface area contributed by atoms with Crippen molar-refractivity contribution in [2.45, 2.75) is 12.5 Å². The predicted molar refractivity (Wildman–Crippen MR) is 70.4 cm³/mol. The molecule has 0 aliphatic rings. The van der Waals surface area contributed by atoms with Gasteiger partial charge in [-0.15, -0.1) is 0 Å². The zero-order chi connectivity index (χ0) is 13.1. The van der Waals surface area contributed by atoms with Crippen molar-refractivity contribution in [2.75, 3.05) is 19.1 Å². The van der Waals surface area contributed by atoms with Gasteiger partial charge in [-0.2, -0.15) is 0 Å². The lowest BCUT2D eigenvalue weighted by Crippen LogP contribution is -2.34. The second-order valence-electron chi connectivity index (χ2n) is 4.02. The van der Waals surface area contributed by atoms with Gasteiger partial charge >= 0.3 is 0 Å². The first-order valence-electron chi connectivity index (χ1n) is 5.10. The third-order valence-electron chi connectivity index (χ3n) is 2.39. The number of sulfone groups is 1. The van der Waals surface area contributed by atoms with Crippen molar-refractivity contribution in [3.05, 3.63) is 34.1 Å². The Morgan fingerprint density at radius 1 is 1.47 bits per heavy atom. The molecule has 3 nitrogen and oxygen atoms in total. The average molecular weight is 324 g/mol. The maximum atomic E-state index is 12.9. The summed E-state index contributed by atoms with van der Waals surface area (Å²) in [6.45, 7) is 0. The molecule has 1 rings (SSSR count). The number of likely N-dealkylation sites (N-methyl/N-ethyl adjacent to an activating group) is 1. The zero-order valence-corrected chi connectivity index (χ0v) is 12.1. The first-order valence-corrected chi connectivity index (χ1v) is 7.96. The van der Waals surface area contributed by atoms with E-state index in [1.807, 2.05) is 0 Å². The minimum atomic E-state index is -3.03. The molecule has 0 fully saturated rings. The van der Waals surface area contributed by atoms with Gasteiger partial charge in [0.1, 0.15) is 15.7 Å². The van der Waals surface area contributed by atoms with Crippen LogP contribution >= 0.6 is 15.9 Å². The van der Waals surface area contributed by atoms with Crippen molar-refractivity contribution in [3.8, 4) is 0 Å². The van der Waals surface area contributed by atoms with Gasteiger partial charge in [0.15, 0.2) is 0 Å². The molecule has 0 amide bonds. The van der Waals surface area contributed by atoms with Crippen molar-refractivity contribution < 1.29 is 12.8 Å². The molecule has 96 valence electrons. The number of benzene rings is 1. The lowest BCUT2D eigenvalue weighted by Gasteiger charge is -2.16. The summed E-state index contributed by atoms with van der Waals surface area (Å²) in [6, 6.07) is 4.23. The normalized spacial score (nSPS) is 13.6. The van der Waals surface area contributed by atoms with E-state index in [2.05, 4.69) is 21.2 Å². The van der Waals surface area contributed by atoms with Crippen LogP contribution in [0.5, 0.6) is 0 Å². The largest absolute Gasteiger partial charge is 0.316 e. The second-order valence-corrected chi connectivity index (χ2v) is 7.06. The Morgan fingerprint density at radius 2 is 2.12 bits per heavy atom. The fourth-order valence-corrected chi connectivity index (χ4v) is 3.09. The van der Waals surface area contributed by atoms with Crippen molar-refractivity contribution in [3.63, 3.8) is 0 Å². The Balaban J connectivity index is 2.81. The van der Waals surface area contributed by atoms with Crippen molar-refractivity contribution in [1.82, 2.24) is 5.32 Å². The van der Waals surface area contributed by atoms with E-state index < -0.39 is 9.84 Å². The van der Waals surface area contributed by atoms with E-state index in [-0.39, 0.29) is 17.6 Å². The van der Waals surface area contributed by atoms with Gasteiger partial charge in [0, 0.05) is 16.8 Å². The standard InChI is InChI=1S/C11H15BrFNO2S/c1-14-10(7-17(2,15)16)5-8-3-4-9(13)6-11(8)12/h3-4,6,10,14H,5,7H2,1-2H3. The summed E-state index contributed by atoms with van der Waals surface area (Å²) in [6.07, 6.45) is 1.74. The topological polar surface area (TPSA) is 46.2 Å². The number of halogens is 2. The molecule has 0 aliphatic heterocycles. The van der Waals surface area contributed by atoms with E-state index in [0.29, 0.717) is 10.9 Å². The minimum Gasteiger partial charge on any atom is -0.316 e. The van der Waals surface area contributed by atoms with E-state index in [0.717, 1.165) is 5.56 Å². The molecule has 0 radical (unpaired) electrons. The van der Waals surface area contributed by atoms with Crippen LogP contribution in [0.25, 0.3) is 0 Å². The Kier molecular flexibility index (Phi) is 5.09. The van der Waals surface area contributed by atoms with Gasteiger partial charge in [0.2, 0.25) is 0 Å². The van der Waals surface area contributed by atoms with Gasteiger partial charge < -0.3 is 5.32 Å². The maximum Gasteiger partial charge on any atom is 0.148 e. The summed E-state index contributed by atoms with van der Waals surface area (Å²) in [5, 5.41) is 2.96. The smallest absolute Gasteiger partial charge is 0.148 e. The van der Waals surface area contributed by atoms with Gasteiger partial charge in [0.05, 0.1) is 5.75 Å². The highest BCUT2D eigenvalue weighted by molar-refractivity contribution is 9.10. The van der Waals surface area contributed by atoms with E-state index in [4.69, 9.17) is 0 Å². The van der Waals surface area contributed by atoms with E-state index in [1.165, 1.54) is 18.4 Å². The number of hydrogen-bond donors (Lipinski definition) is 1. The van der Waals surface area contributed by atoms with Gasteiger partial charge in [-0.1, -0.05) is 22.0 Å². The fraction of sp³-hybridized carbons (Fsp3) is 0.455. The van der Waals surface area contributed by atoms with Crippen LogP contribution in [0, 0.1) is 5.82 Å². The van der Waals surface area contributed by atoms with E-state index in [1.54, 1.807) is 13.1 Å². The minimum absolute atomic E-state index is 0.0628. The molecule has 0 saturated carbocycles. The van der Waals surface area contributed by atoms with Crippen molar-refractivity contribution in [2.24, 2.45) is 0 Å². The second kappa shape index (κ2) is 5.93. The Morgan fingerprint density at radius 3 is 2.59 bits per heavy atom. The maximum absolute atomic E-state index is 12.9. The summed E-state index contributed by atoms with van der Waals surface area (Å²) >= 11 is 3.27. The Labute approximate surface area is 109 Å². The molecule has 1 N–H and O–H groups in total. The van der Waals surface area contributed by atoms with Crippen LogP contribution in [0.1, 0.15) is 5.56 Å². The molecule has 0 heterocycles. The van der Waals surface area contributed by atoms with Crippen LogP contribution in [0.4, 0.5) is 4.39 Å². The molecule has 1 atom stereocenters. The quantitative estimate of drug-likeness (QED) is 0.898. The summed E-state index contributed by atoms with van der Waals surface area (Å²) in [5.74, 6) is -0.252. The Bertz CT molecular complexity index is 490.